The average Bonchev–Trinajstić information content (AvgIpc) is 2.47. The van der Waals surface area contributed by atoms with Gasteiger partial charge in [0.2, 0.25) is 0 Å². The molecule has 0 unspecified atom stereocenters. The minimum atomic E-state index is -2.55. The molecule has 0 aliphatic heterocycles. The number of rotatable bonds is 1. The fraction of sp³-hybridized carbons (Fsp3) is 0.200. The summed E-state index contributed by atoms with van der Waals surface area (Å²) in [5.74, 6) is 0. The maximum absolute atomic E-state index is 12.9. The van der Waals surface area contributed by atoms with Gasteiger partial charge < -0.3 is 0 Å². The van der Waals surface area contributed by atoms with E-state index in [1.807, 2.05) is 0 Å². The molecule has 0 spiro atoms. The van der Waals surface area contributed by atoms with Crippen molar-refractivity contribution in [2.24, 2.45) is 0 Å². The number of hydrogen-bond donors (Lipinski definition) is 0. The van der Waals surface area contributed by atoms with Crippen molar-refractivity contribution in [1.29, 1.82) is 0 Å². The van der Waals surface area contributed by atoms with E-state index in [0.29, 0.717) is 10.1 Å². The fourth-order valence-corrected chi connectivity index (χ4v) is 2.33. The third-order valence-electron chi connectivity index (χ3n) is 2.12. The Morgan fingerprint density at radius 1 is 1.29 bits per heavy atom. The summed E-state index contributed by atoms with van der Waals surface area (Å²) in [5, 5.41) is -0.0845. The van der Waals surface area contributed by atoms with Crippen LogP contribution in [0.1, 0.15) is 17.6 Å². The van der Waals surface area contributed by atoms with Crippen molar-refractivity contribution < 1.29 is 13.2 Å². The van der Waals surface area contributed by atoms with Crippen molar-refractivity contribution in [2.75, 3.05) is 0 Å². The average molecular weight is 216 g/mol. The first-order chi connectivity index (χ1) is 6.59. The van der Waals surface area contributed by atoms with Crippen LogP contribution in [0.15, 0.2) is 18.2 Å². The molecule has 0 saturated heterocycles. The van der Waals surface area contributed by atoms with E-state index < -0.39 is 11.6 Å². The predicted octanol–water partition coefficient (Wildman–Crippen LogP) is 4.29. The summed E-state index contributed by atoms with van der Waals surface area (Å²) >= 11 is 0.910. The van der Waals surface area contributed by atoms with Gasteiger partial charge in [0.05, 0.1) is 0 Å². The van der Waals surface area contributed by atoms with Crippen LogP contribution in [0.4, 0.5) is 13.2 Å². The van der Waals surface area contributed by atoms with Gasteiger partial charge >= 0.3 is 0 Å². The molecular weight excluding hydrogens is 209 g/mol. The SMILES string of the molecule is Cc1ccc(C(F)F)c2cc(F)sc12. The van der Waals surface area contributed by atoms with Gasteiger partial charge in [-0.3, -0.25) is 0 Å². The van der Waals surface area contributed by atoms with Crippen LogP contribution < -0.4 is 0 Å². The third-order valence-corrected chi connectivity index (χ3v) is 3.18. The molecule has 0 bridgehead atoms. The molecule has 0 atom stereocenters. The summed E-state index contributed by atoms with van der Waals surface area (Å²) in [7, 11) is 0. The first-order valence-corrected chi connectivity index (χ1v) is 4.88. The number of fused-ring (bicyclic) bond motifs is 1. The highest BCUT2D eigenvalue weighted by Crippen LogP contribution is 2.34. The van der Waals surface area contributed by atoms with Crippen molar-refractivity contribution in [1.82, 2.24) is 0 Å². The van der Waals surface area contributed by atoms with Crippen LogP contribution in [0.2, 0.25) is 0 Å². The van der Waals surface area contributed by atoms with E-state index in [0.717, 1.165) is 16.9 Å². The lowest BCUT2D eigenvalue weighted by Crippen LogP contribution is -1.85. The maximum Gasteiger partial charge on any atom is 0.264 e. The zero-order valence-corrected chi connectivity index (χ0v) is 8.17. The van der Waals surface area contributed by atoms with Crippen molar-refractivity contribution in [3.63, 3.8) is 0 Å². The van der Waals surface area contributed by atoms with Gasteiger partial charge in [-0.2, -0.15) is 4.39 Å². The van der Waals surface area contributed by atoms with Crippen LogP contribution in [0, 0.1) is 12.1 Å². The van der Waals surface area contributed by atoms with Gasteiger partial charge in [-0.15, -0.1) is 11.3 Å². The molecule has 0 N–H and O–H groups in total. The summed E-state index contributed by atoms with van der Waals surface area (Å²) < 4.78 is 38.6. The van der Waals surface area contributed by atoms with Gasteiger partial charge in [-0.25, -0.2) is 8.78 Å². The Labute approximate surface area is 83.0 Å². The molecule has 0 radical (unpaired) electrons. The second kappa shape index (κ2) is 3.28. The zero-order chi connectivity index (χ0) is 10.3. The molecule has 1 aromatic heterocycles. The monoisotopic (exact) mass is 216 g/mol. The topological polar surface area (TPSA) is 0 Å². The molecule has 14 heavy (non-hydrogen) atoms. The first-order valence-electron chi connectivity index (χ1n) is 4.06. The number of thiophene rings is 1. The van der Waals surface area contributed by atoms with Crippen molar-refractivity contribution >= 4 is 21.4 Å². The van der Waals surface area contributed by atoms with E-state index in [9.17, 15) is 13.2 Å². The number of halogens is 3. The van der Waals surface area contributed by atoms with Crippen molar-refractivity contribution in [3.05, 3.63) is 34.5 Å². The highest BCUT2D eigenvalue weighted by atomic mass is 32.1. The molecule has 2 rings (SSSR count). The molecule has 0 fully saturated rings. The Morgan fingerprint density at radius 3 is 2.64 bits per heavy atom. The van der Waals surface area contributed by atoms with Crippen LogP contribution in [0.3, 0.4) is 0 Å². The van der Waals surface area contributed by atoms with Crippen molar-refractivity contribution in [3.8, 4) is 0 Å². The number of alkyl halides is 2. The summed E-state index contributed by atoms with van der Waals surface area (Å²) in [6.07, 6.45) is -2.55. The Hall–Kier alpha value is -1.03. The Bertz CT molecular complexity index is 473. The van der Waals surface area contributed by atoms with Crippen molar-refractivity contribution in [2.45, 2.75) is 13.3 Å². The van der Waals surface area contributed by atoms with Crippen LogP contribution in [-0.2, 0) is 0 Å². The van der Waals surface area contributed by atoms with Crippen LogP contribution in [0.25, 0.3) is 10.1 Å². The van der Waals surface area contributed by atoms with Gasteiger partial charge in [-0.1, -0.05) is 12.1 Å². The molecule has 4 heteroatoms. The summed E-state index contributed by atoms with van der Waals surface area (Å²) in [5.41, 5.74) is 0.740. The number of hydrogen-bond acceptors (Lipinski definition) is 1. The van der Waals surface area contributed by atoms with E-state index in [1.165, 1.54) is 12.1 Å². The third kappa shape index (κ3) is 1.39. The van der Waals surface area contributed by atoms with E-state index >= 15 is 0 Å². The Balaban J connectivity index is 2.81. The van der Waals surface area contributed by atoms with Gasteiger partial charge in [0.25, 0.3) is 6.43 Å². The minimum Gasteiger partial charge on any atom is -0.205 e. The van der Waals surface area contributed by atoms with E-state index in [1.54, 1.807) is 13.0 Å². The van der Waals surface area contributed by atoms with Crippen LogP contribution in [0.5, 0.6) is 0 Å². The molecule has 0 saturated carbocycles. The number of aryl methyl sites for hydroxylation is 1. The highest BCUT2D eigenvalue weighted by molar-refractivity contribution is 7.17. The lowest BCUT2D eigenvalue weighted by Gasteiger charge is -2.02. The summed E-state index contributed by atoms with van der Waals surface area (Å²) in [4.78, 5) is 0. The normalized spacial score (nSPS) is 11.5. The summed E-state index contributed by atoms with van der Waals surface area (Å²) in [6, 6.07) is 4.13. The molecule has 0 nitrogen and oxygen atoms in total. The van der Waals surface area contributed by atoms with E-state index in [2.05, 4.69) is 0 Å². The molecule has 1 heterocycles. The smallest absolute Gasteiger partial charge is 0.205 e. The lowest BCUT2D eigenvalue weighted by molar-refractivity contribution is 0.153. The first kappa shape index (κ1) is 9.52. The van der Waals surface area contributed by atoms with Gasteiger partial charge in [0.1, 0.15) is 0 Å². The number of benzene rings is 1. The van der Waals surface area contributed by atoms with Gasteiger partial charge in [-0.05, 0) is 18.6 Å². The van der Waals surface area contributed by atoms with E-state index in [4.69, 9.17) is 0 Å². The lowest BCUT2D eigenvalue weighted by atomic mass is 10.1. The van der Waals surface area contributed by atoms with Gasteiger partial charge in [0.15, 0.2) is 5.13 Å². The Morgan fingerprint density at radius 2 is 2.00 bits per heavy atom. The molecule has 0 amide bonds. The second-order valence-corrected chi connectivity index (χ2v) is 4.07. The molecule has 1 aromatic carbocycles. The zero-order valence-electron chi connectivity index (χ0n) is 7.35. The van der Waals surface area contributed by atoms with Crippen LogP contribution >= 0.6 is 11.3 Å². The predicted molar refractivity (Wildman–Crippen MR) is 51.5 cm³/mol. The summed E-state index contributed by atoms with van der Waals surface area (Å²) in [6.45, 7) is 1.79. The standard InChI is InChI=1S/C10H7F3S/c1-5-2-3-6(10(12)13)7-4-8(11)14-9(5)7/h2-4,10H,1H3. The fourth-order valence-electron chi connectivity index (χ4n) is 1.44. The minimum absolute atomic E-state index is 0.0919. The van der Waals surface area contributed by atoms with Crippen LogP contribution in [-0.4, -0.2) is 0 Å². The molecular formula is C10H7F3S. The highest BCUT2D eigenvalue weighted by Gasteiger charge is 2.14. The molecule has 0 aliphatic rings. The largest absolute Gasteiger partial charge is 0.264 e. The van der Waals surface area contributed by atoms with E-state index in [-0.39, 0.29) is 5.56 Å². The van der Waals surface area contributed by atoms with Gasteiger partial charge in [0, 0.05) is 15.6 Å². The second-order valence-electron chi connectivity index (χ2n) is 3.07. The quantitative estimate of drug-likeness (QED) is 0.667. The molecule has 0 aliphatic carbocycles. The molecule has 2 aromatic rings. The Kier molecular flexibility index (Phi) is 2.23. The maximum atomic E-state index is 12.9. The molecule has 74 valence electrons.